The maximum Gasteiger partial charge on any atom is -0.000731 e. The van der Waals surface area contributed by atoms with E-state index in [9.17, 15) is 0 Å². The van der Waals surface area contributed by atoms with Crippen LogP contribution in [0.2, 0.25) is 0 Å². The molecule has 4 rings (SSSR count). The van der Waals surface area contributed by atoms with Crippen LogP contribution in [0.25, 0.3) is 17.2 Å². The molecule has 2 aliphatic carbocycles. The van der Waals surface area contributed by atoms with Gasteiger partial charge in [-0.2, -0.15) is 0 Å². The second-order valence-corrected chi connectivity index (χ2v) is 6.40. The lowest BCUT2D eigenvalue weighted by Gasteiger charge is -2.10. The van der Waals surface area contributed by atoms with Gasteiger partial charge in [0.05, 0.1) is 0 Å². The molecule has 0 aliphatic heterocycles. The normalized spacial score (nSPS) is 14.9. The van der Waals surface area contributed by atoms with Crippen molar-refractivity contribution in [2.45, 2.75) is 27.2 Å². The maximum atomic E-state index is 3.66. The summed E-state index contributed by atoms with van der Waals surface area (Å²) in [5.41, 5.74) is 6.80. The topological polar surface area (TPSA) is 0 Å². The summed E-state index contributed by atoms with van der Waals surface area (Å²) in [7, 11) is 0. The van der Waals surface area contributed by atoms with Crippen LogP contribution in [0.15, 0.2) is 54.1 Å². The third-order valence-corrected chi connectivity index (χ3v) is 4.59. The van der Waals surface area contributed by atoms with Crippen molar-refractivity contribution in [3.63, 3.8) is 0 Å². The molecular formula is C22H19. The molecule has 1 radical (unpaired) electrons. The minimum absolute atomic E-state index is 1.03. The number of rotatable bonds is 1. The summed E-state index contributed by atoms with van der Waals surface area (Å²) in [6, 6.07) is 13.1. The highest BCUT2D eigenvalue weighted by molar-refractivity contribution is 5.81. The Morgan fingerprint density at radius 3 is 2.55 bits per heavy atom. The Hall–Kier alpha value is -2.34. The Bertz CT molecular complexity index is 1060. The van der Waals surface area contributed by atoms with Crippen LogP contribution in [-0.2, 0) is 0 Å². The predicted octanol–water partition coefficient (Wildman–Crippen LogP) is 3.92. The number of hydrogen-bond acceptors (Lipinski definition) is 0. The first-order valence-electron chi connectivity index (χ1n) is 7.87. The van der Waals surface area contributed by atoms with Crippen molar-refractivity contribution in [3.8, 4) is 0 Å². The van der Waals surface area contributed by atoms with Crippen LogP contribution in [0.1, 0.15) is 38.3 Å². The van der Waals surface area contributed by atoms with Crippen LogP contribution in [0, 0.1) is 10.4 Å². The lowest BCUT2D eigenvalue weighted by atomic mass is 9.94. The summed E-state index contributed by atoms with van der Waals surface area (Å²) in [6.07, 6.45) is 9.32. The monoisotopic (exact) mass is 283 g/mol. The maximum absolute atomic E-state index is 3.66. The van der Waals surface area contributed by atoms with Crippen molar-refractivity contribution in [3.05, 3.63) is 86.1 Å². The predicted molar refractivity (Wildman–Crippen MR) is 93.4 cm³/mol. The third-order valence-electron chi connectivity index (χ3n) is 4.59. The van der Waals surface area contributed by atoms with E-state index in [1.54, 1.807) is 0 Å². The van der Waals surface area contributed by atoms with E-state index in [0.717, 1.165) is 6.42 Å². The van der Waals surface area contributed by atoms with E-state index in [1.165, 1.54) is 48.7 Å². The molecule has 0 saturated heterocycles. The lowest BCUT2D eigenvalue weighted by molar-refractivity contribution is 1.34. The molecule has 0 aromatic heterocycles. The van der Waals surface area contributed by atoms with Gasteiger partial charge in [-0.05, 0) is 70.8 Å². The Kier molecular flexibility index (Phi) is 2.94. The molecule has 0 nitrogen and oxygen atoms in total. The zero-order valence-electron chi connectivity index (χ0n) is 13.3. The van der Waals surface area contributed by atoms with Gasteiger partial charge in [0, 0.05) is 0 Å². The molecule has 0 saturated carbocycles. The minimum Gasteiger partial charge on any atom is -0.0772 e. The van der Waals surface area contributed by atoms with Gasteiger partial charge >= 0.3 is 0 Å². The summed E-state index contributed by atoms with van der Waals surface area (Å²) in [4.78, 5) is 0. The quantitative estimate of drug-likeness (QED) is 0.635. The highest BCUT2D eigenvalue weighted by Gasteiger charge is 2.15. The number of benzene rings is 2. The molecular weight excluding hydrogens is 264 g/mol. The number of fused-ring (bicyclic) bond motifs is 2. The zero-order valence-corrected chi connectivity index (χ0v) is 13.3. The van der Waals surface area contributed by atoms with E-state index in [-0.39, 0.29) is 0 Å². The lowest BCUT2D eigenvalue weighted by Crippen LogP contribution is -2.12. The smallest absolute Gasteiger partial charge is 0.000731 e. The van der Waals surface area contributed by atoms with Gasteiger partial charge in [-0.3, -0.25) is 0 Å². The van der Waals surface area contributed by atoms with Crippen LogP contribution in [0.4, 0.5) is 0 Å². The molecule has 107 valence electrons. The summed E-state index contributed by atoms with van der Waals surface area (Å²) in [6.45, 7) is 6.58. The van der Waals surface area contributed by atoms with Gasteiger partial charge in [0.1, 0.15) is 0 Å². The van der Waals surface area contributed by atoms with Gasteiger partial charge in [0.25, 0.3) is 0 Å². The van der Waals surface area contributed by atoms with Crippen molar-refractivity contribution in [1.29, 1.82) is 0 Å². The average molecular weight is 283 g/mol. The fourth-order valence-corrected chi connectivity index (χ4v) is 3.51. The molecule has 0 N–H and O–H groups in total. The summed E-state index contributed by atoms with van der Waals surface area (Å²) < 4.78 is 0. The van der Waals surface area contributed by atoms with E-state index in [4.69, 9.17) is 0 Å². The van der Waals surface area contributed by atoms with Crippen LogP contribution in [0.3, 0.4) is 0 Å². The SMILES string of the molecule is CC1=CCC(c2c3c(ccc2=C(C)C)=c2ccccc2=[C]3)=C1. The molecule has 0 heterocycles. The first-order chi connectivity index (χ1) is 10.6. The van der Waals surface area contributed by atoms with Crippen molar-refractivity contribution in [2.75, 3.05) is 0 Å². The van der Waals surface area contributed by atoms with E-state index in [0.29, 0.717) is 0 Å². The van der Waals surface area contributed by atoms with Crippen molar-refractivity contribution >= 4 is 17.2 Å². The van der Waals surface area contributed by atoms with Crippen LogP contribution < -0.4 is 10.4 Å². The zero-order chi connectivity index (χ0) is 15.3. The van der Waals surface area contributed by atoms with Gasteiger partial charge in [-0.1, -0.05) is 59.7 Å². The first-order valence-corrected chi connectivity index (χ1v) is 7.87. The molecule has 2 aromatic carbocycles. The van der Waals surface area contributed by atoms with E-state index >= 15 is 0 Å². The largest absolute Gasteiger partial charge is 0.0772 e. The van der Waals surface area contributed by atoms with Crippen molar-refractivity contribution < 1.29 is 0 Å². The molecule has 2 aliphatic rings. The molecule has 0 heteroatoms. The number of hydrogen-bond donors (Lipinski definition) is 0. The summed E-state index contributed by atoms with van der Waals surface area (Å²) in [5.74, 6) is 0. The number of allylic oxidation sites excluding steroid dienone is 4. The Labute approximate surface area is 131 Å². The van der Waals surface area contributed by atoms with Gasteiger partial charge in [-0.25, -0.2) is 0 Å². The fraction of sp³-hybridized carbons (Fsp3) is 0.182. The first kappa shape index (κ1) is 13.3. The molecule has 0 amide bonds. The Balaban J connectivity index is 2.17. The minimum atomic E-state index is 1.03. The van der Waals surface area contributed by atoms with Gasteiger partial charge in [0.15, 0.2) is 0 Å². The molecule has 0 bridgehead atoms. The molecule has 22 heavy (non-hydrogen) atoms. The van der Waals surface area contributed by atoms with Crippen molar-refractivity contribution in [2.24, 2.45) is 0 Å². The summed E-state index contributed by atoms with van der Waals surface area (Å²) in [5, 5.41) is 5.20. The molecule has 0 atom stereocenters. The van der Waals surface area contributed by atoms with Crippen LogP contribution in [0.5, 0.6) is 0 Å². The second-order valence-electron chi connectivity index (χ2n) is 6.40. The molecule has 0 fully saturated rings. The second kappa shape index (κ2) is 4.84. The van der Waals surface area contributed by atoms with E-state index < -0.39 is 0 Å². The highest BCUT2D eigenvalue weighted by atomic mass is 14.2. The van der Waals surface area contributed by atoms with E-state index in [2.05, 4.69) is 75.4 Å². The molecule has 0 unspecified atom stereocenters. The standard InChI is InChI=1S/C22H19/c1-14(2)18-10-11-20-19-7-5-4-6-16(19)13-21(20)22(18)17-9-8-15(3)12-17/h4-8,10-12H,9H2,1-3H3. The average Bonchev–Trinajstić information content (AvgIpc) is 3.09. The van der Waals surface area contributed by atoms with Crippen LogP contribution in [-0.4, -0.2) is 0 Å². The van der Waals surface area contributed by atoms with Gasteiger partial charge < -0.3 is 0 Å². The highest BCUT2D eigenvalue weighted by Crippen LogP contribution is 2.29. The van der Waals surface area contributed by atoms with Crippen LogP contribution >= 0.6 is 0 Å². The molecule has 2 aromatic rings. The van der Waals surface area contributed by atoms with E-state index in [1.807, 2.05) is 0 Å². The molecule has 0 spiro atoms. The summed E-state index contributed by atoms with van der Waals surface area (Å²) >= 11 is 0. The Morgan fingerprint density at radius 1 is 1.00 bits per heavy atom. The fourth-order valence-electron chi connectivity index (χ4n) is 3.51. The van der Waals surface area contributed by atoms with Crippen molar-refractivity contribution in [1.82, 2.24) is 0 Å². The third kappa shape index (κ3) is 1.91. The van der Waals surface area contributed by atoms with Gasteiger partial charge in [-0.15, -0.1) is 0 Å². The Morgan fingerprint density at radius 2 is 1.82 bits per heavy atom. The van der Waals surface area contributed by atoms with Gasteiger partial charge in [0.2, 0.25) is 0 Å².